The summed E-state index contributed by atoms with van der Waals surface area (Å²) in [6.45, 7) is 6.69. The number of hydrogen-bond acceptors (Lipinski definition) is 7. The average molecular weight is 550 g/mol. The number of anilines is 2. The summed E-state index contributed by atoms with van der Waals surface area (Å²) in [5.74, 6) is -2.60. The van der Waals surface area contributed by atoms with Crippen molar-refractivity contribution in [2.24, 2.45) is 11.1 Å². The average Bonchev–Trinajstić information content (AvgIpc) is 3.64. The lowest BCUT2D eigenvalue weighted by Crippen LogP contribution is -2.35. The molecule has 0 bridgehead atoms. The Hall–Kier alpha value is -4.16. The van der Waals surface area contributed by atoms with E-state index in [1.807, 2.05) is 10.7 Å². The molecule has 4 heterocycles. The Morgan fingerprint density at radius 1 is 1.12 bits per heavy atom. The number of carbonyl (C=O) groups excluding carboxylic acids is 1. The predicted molar refractivity (Wildman–Crippen MR) is 146 cm³/mol. The highest BCUT2D eigenvalue weighted by Crippen LogP contribution is 2.41. The van der Waals surface area contributed by atoms with E-state index in [1.54, 1.807) is 12.3 Å². The van der Waals surface area contributed by atoms with Crippen molar-refractivity contribution in [3.05, 3.63) is 76.3 Å². The topological polar surface area (TPSA) is 120 Å². The molecule has 208 valence electrons. The molecule has 2 atom stereocenters. The van der Waals surface area contributed by atoms with Gasteiger partial charge in [0.1, 0.15) is 11.4 Å². The lowest BCUT2D eigenvalue weighted by molar-refractivity contribution is 0.102. The van der Waals surface area contributed by atoms with Crippen molar-refractivity contribution in [3.63, 3.8) is 0 Å². The summed E-state index contributed by atoms with van der Waals surface area (Å²) in [6.07, 6.45) is 2.64. The molecule has 0 saturated carbocycles. The Morgan fingerprint density at radius 2 is 1.90 bits per heavy atom. The van der Waals surface area contributed by atoms with Crippen LogP contribution in [0.4, 0.5) is 20.2 Å². The molecule has 2 saturated heterocycles. The number of nitrogens with one attached hydrogen (secondary N) is 1. The van der Waals surface area contributed by atoms with Gasteiger partial charge >= 0.3 is 0 Å². The van der Waals surface area contributed by atoms with Gasteiger partial charge in [-0.2, -0.15) is 14.9 Å². The molecule has 40 heavy (non-hydrogen) atoms. The van der Waals surface area contributed by atoms with Crippen LogP contribution in [0.1, 0.15) is 36.8 Å². The number of amides is 1. The van der Waals surface area contributed by atoms with Crippen LogP contribution in [-0.4, -0.2) is 57.8 Å². The summed E-state index contributed by atoms with van der Waals surface area (Å²) in [5, 5.41) is 12.4. The second-order valence-electron chi connectivity index (χ2n) is 11.0. The summed E-state index contributed by atoms with van der Waals surface area (Å²) in [5.41, 5.74) is 6.86. The van der Waals surface area contributed by atoms with Gasteiger partial charge in [-0.1, -0.05) is 19.9 Å². The number of benzene rings is 2. The molecule has 1 unspecified atom stereocenters. The van der Waals surface area contributed by atoms with Crippen LogP contribution in [-0.2, 0) is 4.74 Å². The molecular weight excluding hydrogens is 520 g/mol. The Kier molecular flexibility index (Phi) is 6.38. The summed E-state index contributed by atoms with van der Waals surface area (Å²) in [7, 11) is 0. The molecule has 0 radical (unpaired) electrons. The van der Waals surface area contributed by atoms with Gasteiger partial charge in [0.2, 0.25) is 0 Å². The van der Waals surface area contributed by atoms with Gasteiger partial charge in [-0.3, -0.25) is 14.3 Å². The Balaban J connectivity index is 1.41. The highest BCUT2D eigenvalue weighted by Gasteiger charge is 2.39. The molecule has 6 rings (SSSR count). The number of hydrogen-bond donors (Lipinski definition) is 2. The summed E-state index contributed by atoms with van der Waals surface area (Å²) in [4.78, 5) is 28.0. The first-order chi connectivity index (χ1) is 19.1. The number of fused-ring (bicyclic) bond motifs is 1. The zero-order valence-corrected chi connectivity index (χ0v) is 22.1. The molecular formula is C28H29F2N7O3. The summed E-state index contributed by atoms with van der Waals surface area (Å²) in [6, 6.07) is 9.20. The van der Waals surface area contributed by atoms with Crippen LogP contribution in [0.2, 0.25) is 0 Å². The Labute approximate surface area is 228 Å². The molecule has 2 aromatic carbocycles. The normalized spacial score (nSPS) is 20.4. The highest BCUT2D eigenvalue weighted by atomic mass is 19.1. The summed E-state index contributed by atoms with van der Waals surface area (Å²) < 4.78 is 36.9. The van der Waals surface area contributed by atoms with E-state index in [4.69, 9.17) is 10.5 Å². The second kappa shape index (κ2) is 9.79. The fraction of sp³-hybridized carbons (Fsp3) is 0.357. The zero-order valence-electron chi connectivity index (χ0n) is 22.1. The summed E-state index contributed by atoms with van der Waals surface area (Å²) >= 11 is 0. The standard InChI is InChI=1S/C28H29F2N7O3/c1-28(2)15-35(13-23(28)31)25-17-12-32-36(16-10-11-40-14-16)22(17)8-6-20(25)33-27(39)21-7-9-24(38)37(34-21)26-18(29)4-3-5-19(26)30/h3-9,12,16,23H,10-11,13-15,31H2,1-2H3,(H,33,39)/t16?,23-/m1/s1. The molecule has 2 aliphatic heterocycles. The van der Waals surface area contributed by atoms with Crippen LogP contribution in [0.25, 0.3) is 16.6 Å². The van der Waals surface area contributed by atoms with Crippen molar-refractivity contribution in [2.75, 3.05) is 36.5 Å². The highest BCUT2D eigenvalue weighted by molar-refractivity contribution is 6.09. The first-order valence-corrected chi connectivity index (χ1v) is 13.1. The quantitative estimate of drug-likeness (QED) is 0.392. The van der Waals surface area contributed by atoms with E-state index in [1.165, 1.54) is 12.1 Å². The maximum atomic E-state index is 14.4. The van der Waals surface area contributed by atoms with Crippen molar-refractivity contribution < 1.29 is 18.3 Å². The minimum atomic E-state index is -0.974. The maximum Gasteiger partial charge on any atom is 0.276 e. The third-order valence-electron chi connectivity index (χ3n) is 7.77. The first-order valence-electron chi connectivity index (χ1n) is 13.1. The number of aromatic nitrogens is 4. The van der Waals surface area contributed by atoms with Crippen molar-refractivity contribution >= 4 is 28.2 Å². The third-order valence-corrected chi connectivity index (χ3v) is 7.77. The van der Waals surface area contributed by atoms with Crippen molar-refractivity contribution in [2.45, 2.75) is 32.4 Å². The molecule has 0 aliphatic carbocycles. The molecule has 12 heteroatoms. The molecule has 4 aromatic rings. The molecule has 10 nitrogen and oxygen atoms in total. The molecule has 1 amide bonds. The Bertz CT molecular complexity index is 1660. The molecule has 2 aliphatic rings. The maximum absolute atomic E-state index is 14.4. The monoisotopic (exact) mass is 549 g/mol. The SMILES string of the molecule is CC1(C)CN(c2c(NC(=O)c3ccc(=O)n(-c4c(F)cccc4F)n3)ccc3c2cnn3C2CCOC2)C[C@H]1N. The van der Waals surface area contributed by atoms with Crippen molar-refractivity contribution in [3.8, 4) is 5.69 Å². The zero-order chi connectivity index (χ0) is 28.2. The van der Waals surface area contributed by atoms with Crippen LogP contribution < -0.4 is 21.5 Å². The lowest BCUT2D eigenvalue weighted by Gasteiger charge is -2.25. The fourth-order valence-electron chi connectivity index (χ4n) is 5.45. The van der Waals surface area contributed by atoms with Crippen LogP contribution >= 0.6 is 0 Å². The number of nitrogens with zero attached hydrogens (tertiary/aromatic N) is 5. The van der Waals surface area contributed by atoms with E-state index in [0.29, 0.717) is 36.7 Å². The van der Waals surface area contributed by atoms with Crippen LogP contribution in [0.3, 0.4) is 0 Å². The van der Waals surface area contributed by atoms with Gasteiger partial charge in [-0.05, 0) is 42.2 Å². The van der Waals surface area contributed by atoms with E-state index in [2.05, 4.69) is 34.3 Å². The number of halogens is 2. The van der Waals surface area contributed by atoms with Gasteiger partial charge in [-0.15, -0.1) is 0 Å². The predicted octanol–water partition coefficient (Wildman–Crippen LogP) is 3.25. The van der Waals surface area contributed by atoms with Crippen LogP contribution in [0.15, 0.2) is 53.5 Å². The number of carbonyl (C=O) groups is 1. The number of rotatable bonds is 5. The van der Waals surface area contributed by atoms with Crippen molar-refractivity contribution in [1.29, 1.82) is 0 Å². The lowest BCUT2D eigenvalue weighted by atomic mass is 9.89. The number of para-hydroxylation sites is 1. The first kappa shape index (κ1) is 26.1. The van der Waals surface area contributed by atoms with Crippen molar-refractivity contribution in [1.82, 2.24) is 19.6 Å². The third kappa shape index (κ3) is 4.42. The molecule has 2 aromatic heterocycles. The molecule has 3 N–H and O–H groups in total. The largest absolute Gasteiger partial charge is 0.379 e. The number of nitrogens with two attached hydrogens (primary N) is 1. The van der Waals surface area contributed by atoms with Gasteiger partial charge in [0, 0.05) is 37.2 Å². The molecule has 0 spiro atoms. The Morgan fingerprint density at radius 3 is 2.58 bits per heavy atom. The van der Waals surface area contributed by atoms with Gasteiger partial charge < -0.3 is 20.7 Å². The molecule has 2 fully saturated rings. The van der Waals surface area contributed by atoms with E-state index in [-0.39, 0.29) is 23.2 Å². The van der Waals surface area contributed by atoms with Crippen LogP contribution in [0.5, 0.6) is 0 Å². The minimum Gasteiger partial charge on any atom is -0.379 e. The minimum absolute atomic E-state index is 0.0922. The van der Waals surface area contributed by atoms with E-state index < -0.39 is 28.8 Å². The van der Waals surface area contributed by atoms with Crippen LogP contribution in [0, 0.1) is 17.0 Å². The van der Waals surface area contributed by atoms with E-state index in [9.17, 15) is 18.4 Å². The van der Waals surface area contributed by atoms with E-state index in [0.717, 1.165) is 41.2 Å². The van der Waals surface area contributed by atoms with Gasteiger partial charge in [0.15, 0.2) is 11.6 Å². The van der Waals surface area contributed by atoms with Gasteiger partial charge in [0.25, 0.3) is 11.5 Å². The smallest absolute Gasteiger partial charge is 0.276 e. The van der Waals surface area contributed by atoms with Gasteiger partial charge in [0.05, 0.1) is 35.7 Å². The number of ether oxygens (including phenoxy) is 1. The van der Waals surface area contributed by atoms with E-state index >= 15 is 0 Å². The second-order valence-corrected chi connectivity index (χ2v) is 11.0. The van der Waals surface area contributed by atoms with Gasteiger partial charge in [-0.25, -0.2) is 8.78 Å². The fourth-order valence-corrected chi connectivity index (χ4v) is 5.45.